The summed E-state index contributed by atoms with van der Waals surface area (Å²) in [6, 6.07) is 0. The van der Waals surface area contributed by atoms with Crippen LogP contribution in [0, 0.1) is 11.8 Å². The minimum absolute atomic E-state index is 0.422. The van der Waals surface area contributed by atoms with Gasteiger partial charge in [-0.25, -0.2) is 9.59 Å². The van der Waals surface area contributed by atoms with E-state index in [4.69, 9.17) is 9.47 Å². The standard InChI is InChI=1S/C44H84O4/c1-5-9-11-13-15-17-19-21-23-25-27-33-41(7-3)35-29-31-39-47-43(45)37-38-44(46)48-40-32-30-36-42(8-4)34-28-26-24-22-20-18-16-14-12-10-6-2/h37-38,41-42H,5-36,39-40H2,1-4H3/b38-37-. The van der Waals surface area contributed by atoms with Gasteiger partial charge in [-0.2, -0.15) is 0 Å². The molecule has 0 saturated carbocycles. The Kier molecular flexibility index (Phi) is 37.4. The third kappa shape index (κ3) is 34.5. The Morgan fingerprint density at radius 2 is 0.625 bits per heavy atom. The Hall–Kier alpha value is -1.32. The molecular weight excluding hydrogens is 592 g/mol. The zero-order chi connectivity index (χ0) is 35.2. The lowest BCUT2D eigenvalue weighted by atomic mass is 9.93. The Balaban J connectivity index is 3.68. The second-order valence-electron chi connectivity index (χ2n) is 14.9. The number of hydrogen-bond donors (Lipinski definition) is 0. The van der Waals surface area contributed by atoms with Gasteiger partial charge in [0.1, 0.15) is 0 Å². The van der Waals surface area contributed by atoms with Crippen LogP contribution in [0.25, 0.3) is 0 Å². The first-order valence-corrected chi connectivity index (χ1v) is 21.6. The van der Waals surface area contributed by atoms with Gasteiger partial charge in [0.05, 0.1) is 13.2 Å². The number of ether oxygens (including phenoxy) is 2. The molecule has 0 aliphatic heterocycles. The Bertz CT molecular complexity index is 644. The second kappa shape index (κ2) is 38.5. The summed E-state index contributed by atoms with van der Waals surface area (Å²) in [5, 5.41) is 0. The number of rotatable bonds is 38. The van der Waals surface area contributed by atoms with Crippen LogP contribution < -0.4 is 0 Å². The molecule has 2 unspecified atom stereocenters. The molecule has 0 heterocycles. The second-order valence-corrected chi connectivity index (χ2v) is 14.9. The molecule has 0 N–H and O–H groups in total. The van der Waals surface area contributed by atoms with Gasteiger partial charge in [-0.1, -0.05) is 207 Å². The van der Waals surface area contributed by atoms with E-state index in [-0.39, 0.29) is 0 Å². The van der Waals surface area contributed by atoms with E-state index >= 15 is 0 Å². The van der Waals surface area contributed by atoms with Crippen molar-refractivity contribution in [3.05, 3.63) is 12.2 Å². The maximum Gasteiger partial charge on any atom is 0.331 e. The fourth-order valence-corrected chi connectivity index (χ4v) is 6.95. The molecule has 0 aromatic heterocycles. The Labute approximate surface area is 300 Å². The van der Waals surface area contributed by atoms with Gasteiger partial charge in [0, 0.05) is 12.2 Å². The van der Waals surface area contributed by atoms with Gasteiger partial charge >= 0.3 is 11.9 Å². The van der Waals surface area contributed by atoms with Gasteiger partial charge in [-0.05, 0) is 37.5 Å². The van der Waals surface area contributed by atoms with E-state index in [0.29, 0.717) is 13.2 Å². The van der Waals surface area contributed by atoms with E-state index in [1.165, 1.54) is 192 Å². The monoisotopic (exact) mass is 677 g/mol. The average Bonchev–Trinajstić information content (AvgIpc) is 3.09. The van der Waals surface area contributed by atoms with Crippen molar-refractivity contribution >= 4 is 11.9 Å². The number of carbonyl (C=O) groups is 2. The summed E-state index contributed by atoms with van der Waals surface area (Å²) < 4.78 is 10.6. The molecule has 0 saturated heterocycles. The van der Waals surface area contributed by atoms with Crippen molar-refractivity contribution in [3.63, 3.8) is 0 Å². The highest BCUT2D eigenvalue weighted by molar-refractivity contribution is 5.91. The van der Waals surface area contributed by atoms with Crippen molar-refractivity contribution < 1.29 is 19.1 Å². The summed E-state index contributed by atoms with van der Waals surface area (Å²) in [6.07, 6.45) is 44.7. The number of unbranched alkanes of at least 4 members (excludes halogenated alkanes) is 22. The first kappa shape index (κ1) is 46.7. The molecule has 0 rings (SSSR count). The van der Waals surface area contributed by atoms with Crippen LogP contribution in [0.15, 0.2) is 12.2 Å². The predicted octanol–water partition coefficient (Wildman–Crippen LogP) is 14.4. The SMILES string of the molecule is CCCCCCCCCCCCCC(CC)CCCCOC(=O)/C=C\C(=O)OCCCCC(CC)CCCCCCCCCCCCC. The Morgan fingerprint density at radius 1 is 0.375 bits per heavy atom. The molecule has 4 nitrogen and oxygen atoms in total. The van der Waals surface area contributed by atoms with E-state index in [1.807, 2.05) is 0 Å². The lowest BCUT2D eigenvalue weighted by Crippen LogP contribution is -2.07. The highest BCUT2D eigenvalue weighted by atomic mass is 16.5. The van der Waals surface area contributed by atoms with Crippen molar-refractivity contribution in [2.45, 2.75) is 233 Å². The third-order valence-electron chi connectivity index (χ3n) is 10.4. The van der Waals surface area contributed by atoms with Crippen LogP contribution in [0.3, 0.4) is 0 Å². The largest absolute Gasteiger partial charge is 0.463 e. The van der Waals surface area contributed by atoms with Gasteiger partial charge in [-0.3, -0.25) is 0 Å². The molecule has 0 radical (unpaired) electrons. The normalized spacial score (nSPS) is 12.8. The molecule has 0 aromatic carbocycles. The van der Waals surface area contributed by atoms with Crippen LogP contribution in [0.1, 0.15) is 233 Å². The average molecular weight is 677 g/mol. The van der Waals surface area contributed by atoms with Crippen LogP contribution >= 0.6 is 0 Å². The first-order chi connectivity index (χ1) is 23.6. The zero-order valence-corrected chi connectivity index (χ0v) is 33.0. The molecule has 0 bridgehead atoms. The van der Waals surface area contributed by atoms with Crippen LogP contribution in [-0.2, 0) is 19.1 Å². The highest BCUT2D eigenvalue weighted by Gasteiger charge is 2.08. The van der Waals surface area contributed by atoms with E-state index in [9.17, 15) is 9.59 Å². The summed E-state index contributed by atoms with van der Waals surface area (Å²) in [6.45, 7) is 10.0. The lowest BCUT2D eigenvalue weighted by Gasteiger charge is -2.14. The van der Waals surface area contributed by atoms with Crippen molar-refractivity contribution in [2.24, 2.45) is 11.8 Å². The molecule has 284 valence electrons. The minimum atomic E-state index is -0.451. The van der Waals surface area contributed by atoms with Gasteiger partial charge < -0.3 is 9.47 Å². The van der Waals surface area contributed by atoms with E-state index < -0.39 is 11.9 Å². The van der Waals surface area contributed by atoms with Gasteiger partial charge in [0.25, 0.3) is 0 Å². The number of hydrogen-bond acceptors (Lipinski definition) is 4. The molecule has 4 heteroatoms. The topological polar surface area (TPSA) is 52.6 Å². The quantitative estimate of drug-likeness (QED) is 0.0371. The summed E-state index contributed by atoms with van der Waals surface area (Å²) in [5.74, 6) is 0.675. The van der Waals surface area contributed by atoms with Crippen LogP contribution in [0.4, 0.5) is 0 Å². The first-order valence-electron chi connectivity index (χ1n) is 21.6. The van der Waals surface area contributed by atoms with E-state index in [1.54, 1.807) is 0 Å². The van der Waals surface area contributed by atoms with Gasteiger partial charge in [-0.15, -0.1) is 0 Å². The fourth-order valence-electron chi connectivity index (χ4n) is 6.95. The number of carbonyl (C=O) groups excluding carboxylic acids is 2. The van der Waals surface area contributed by atoms with E-state index in [0.717, 1.165) is 37.5 Å². The van der Waals surface area contributed by atoms with Gasteiger partial charge in [0.2, 0.25) is 0 Å². The Morgan fingerprint density at radius 3 is 0.896 bits per heavy atom. The molecule has 0 spiro atoms. The molecule has 48 heavy (non-hydrogen) atoms. The molecule has 0 amide bonds. The lowest BCUT2D eigenvalue weighted by molar-refractivity contribution is -0.140. The molecule has 0 fully saturated rings. The summed E-state index contributed by atoms with van der Waals surface area (Å²) in [5.41, 5.74) is 0. The van der Waals surface area contributed by atoms with E-state index in [2.05, 4.69) is 27.7 Å². The molecule has 2 atom stereocenters. The van der Waals surface area contributed by atoms with Crippen molar-refractivity contribution in [1.29, 1.82) is 0 Å². The molecule has 0 aliphatic carbocycles. The van der Waals surface area contributed by atoms with Crippen LogP contribution in [-0.4, -0.2) is 25.2 Å². The molecule has 0 aliphatic rings. The molecule has 0 aromatic rings. The van der Waals surface area contributed by atoms with Crippen molar-refractivity contribution in [3.8, 4) is 0 Å². The van der Waals surface area contributed by atoms with Crippen LogP contribution in [0.5, 0.6) is 0 Å². The maximum absolute atomic E-state index is 12.0. The fraction of sp³-hybridized carbons (Fsp3) is 0.909. The summed E-state index contributed by atoms with van der Waals surface area (Å²) in [7, 11) is 0. The van der Waals surface area contributed by atoms with Crippen molar-refractivity contribution in [1.82, 2.24) is 0 Å². The van der Waals surface area contributed by atoms with Gasteiger partial charge in [0.15, 0.2) is 0 Å². The summed E-state index contributed by atoms with van der Waals surface area (Å²) >= 11 is 0. The number of esters is 2. The zero-order valence-electron chi connectivity index (χ0n) is 33.0. The van der Waals surface area contributed by atoms with Crippen molar-refractivity contribution in [2.75, 3.05) is 13.2 Å². The molecular formula is C44H84O4. The van der Waals surface area contributed by atoms with Crippen LogP contribution in [0.2, 0.25) is 0 Å². The minimum Gasteiger partial charge on any atom is -0.463 e. The highest BCUT2D eigenvalue weighted by Crippen LogP contribution is 2.22. The third-order valence-corrected chi connectivity index (χ3v) is 10.4. The smallest absolute Gasteiger partial charge is 0.331 e. The maximum atomic E-state index is 12.0. The predicted molar refractivity (Wildman–Crippen MR) is 208 cm³/mol. The summed E-state index contributed by atoms with van der Waals surface area (Å²) in [4.78, 5) is 24.0.